The lowest BCUT2D eigenvalue weighted by atomic mass is 9.66. The summed E-state index contributed by atoms with van der Waals surface area (Å²) < 4.78 is 10.4. The standard InChI is InChI=1S/C21H31NO5/c1-13(2)16-8-6-14(3)11-21(16,25)20(24)22-12-17(23)15-7-9-18(26-4)19(10-15)27-5/h7,9-10,13-14,16,25H,6,8,11-12H2,1-5H3,(H,22,24)/t14-,16+,21+/m1/s1. The summed E-state index contributed by atoms with van der Waals surface area (Å²) in [7, 11) is 3.02. The number of ketones is 1. The molecule has 1 aliphatic rings. The summed E-state index contributed by atoms with van der Waals surface area (Å²) in [6.07, 6.45) is 2.24. The van der Waals surface area contributed by atoms with Gasteiger partial charge in [-0.05, 0) is 48.8 Å². The van der Waals surface area contributed by atoms with Crippen molar-refractivity contribution in [1.82, 2.24) is 5.32 Å². The summed E-state index contributed by atoms with van der Waals surface area (Å²) in [5, 5.41) is 13.8. The molecule has 1 amide bonds. The van der Waals surface area contributed by atoms with Gasteiger partial charge in [0, 0.05) is 5.56 Å². The largest absolute Gasteiger partial charge is 0.493 e. The quantitative estimate of drug-likeness (QED) is 0.714. The molecule has 1 aromatic rings. The minimum atomic E-state index is -1.43. The van der Waals surface area contributed by atoms with Crippen molar-refractivity contribution in [1.29, 1.82) is 0 Å². The molecule has 1 aliphatic carbocycles. The summed E-state index contributed by atoms with van der Waals surface area (Å²) in [6, 6.07) is 4.87. The van der Waals surface area contributed by atoms with E-state index in [1.807, 2.05) is 20.8 Å². The maximum atomic E-state index is 12.8. The zero-order valence-corrected chi connectivity index (χ0v) is 16.9. The Morgan fingerprint density at radius 1 is 1.22 bits per heavy atom. The Kier molecular flexibility index (Phi) is 6.87. The van der Waals surface area contributed by atoms with E-state index in [2.05, 4.69) is 5.32 Å². The van der Waals surface area contributed by atoms with Crippen LogP contribution in [0, 0.1) is 17.8 Å². The highest BCUT2D eigenvalue weighted by Gasteiger charge is 2.48. The van der Waals surface area contributed by atoms with Gasteiger partial charge in [0.1, 0.15) is 5.60 Å². The molecule has 3 atom stereocenters. The summed E-state index contributed by atoms with van der Waals surface area (Å²) in [5.74, 6) is 0.633. The number of nitrogens with one attached hydrogen (secondary N) is 1. The third-order valence-corrected chi connectivity index (χ3v) is 5.56. The molecule has 1 fully saturated rings. The fourth-order valence-electron chi connectivity index (χ4n) is 4.06. The van der Waals surface area contributed by atoms with Gasteiger partial charge in [-0.3, -0.25) is 9.59 Å². The lowest BCUT2D eigenvalue weighted by Gasteiger charge is -2.43. The van der Waals surface area contributed by atoms with E-state index in [0.29, 0.717) is 23.5 Å². The van der Waals surface area contributed by atoms with Crippen molar-refractivity contribution < 1.29 is 24.2 Å². The molecule has 2 N–H and O–H groups in total. The van der Waals surface area contributed by atoms with Crippen LogP contribution in [0.3, 0.4) is 0 Å². The summed E-state index contributed by atoms with van der Waals surface area (Å²) in [5.41, 5.74) is -1.01. The van der Waals surface area contributed by atoms with E-state index < -0.39 is 11.5 Å². The molecule has 0 aromatic heterocycles. The first kappa shape index (κ1) is 21.2. The summed E-state index contributed by atoms with van der Waals surface area (Å²) >= 11 is 0. The number of Topliss-reactive ketones (excluding diaryl/α,β-unsaturated/α-hetero) is 1. The van der Waals surface area contributed by atoms with Crippen LogP contribution < -0.4 is 14.8 Å². The van der Waals surface area contributed by atoms with Crippen LogP contribution in [0.5, 0.6) is 11.5 Å². The number of hydrogen-bond acceptors (Lipinski definition) is 5. The highest BCUT2D eigenvalue weighted by Crippen LogP contribution is 2.41. The van der Waals surface area contributed by atoms with Crippen molar-refractivity contribution >= 4 is 11.7 Å². The molecule has 150 valence electrons. The second kappa shape index (κ2) is 8.74. The number of hydrogen-bond donors (Lipinski definition) is 2. The molecule has 27 heavy (non-hydrogen) atoms. The molecule has 0 unspecified atom stereocenters. The SMILES string of the molecule is COc1ccc(C(=O)CNC(=O)[C@]2(O)C[C@H](C)CC[C@H]2C(C)C)cc1OC. The number of amides is 1. The third-order valence-electron chi connectivity index (χ3n) is 5.56. The van der Waals surface area contributed by atoms with Crippen molar-refractivity contribution in [3.8, 4) is 11.5 Å². The highest BCUT2D eigenvalue weighted by atomic mass is 16.5. The number of ether oxygens (including phenoxy) is 2. The van der Waals surface area contributed by atoms with Crippen LogP contribution in [-0.4, -0.2) is 43.2 Å². The minimum absolute atomic E-state index is 0.107. The molecule has 0 aliphatic heterocycles. The van der Waals surface area contributed by atoms with Crippen molar-refractivity contribution in [3.05, 3.63) is 23.8 Å². The van der Waals surface area contributed by atoms with Crippen molar-refractivity contribution in [2.24, 2.45) is 17.8 Å². The molecule has 0 heterocycles. The zero-order chi connectivity index (χ0) is 20.2. The highest BCUT2D eigenvalue weighted by molar-refractivity contribution is 6.00. The molecule has 1 aromatic carbocycles. The zero-order valence-electron chi connectivity index (χ0n) is 16.9. The molecule has 0 bridgehead atoms. The Labute approximate surface area is 161 Å². The molecule has 0 spiro atoms. The van der Waals surface area contributed by atoms with Gasteiger partial charge < -0.3 is 19.9 Å². The third kappa shape index (κ3) is 4.61. The molecule has 2 rings (SSSR count). The molecule has 0 saturated heterocycles. The summed E-state index contributed by atoms with van der Waals surface area (Å²) in [6.45, 7) is 5.92. The van der Waals surface area contributed by atoms with Gasteiger partial charge >= 0.3 is 0 Å². The number of aliphatic hydroxyl groups is 1. The first-order valence-electron chi connectivity index (χ1n) is 9.48. The van der Waals surface area contributed by atoms with Gasteiger partial charge in [0.15, 0.2) is 17.3 Å². The Bertz CT molecular complexity index is 687. The lowest BCUT2D eigenvalue weighted by Crippen LogP contribution is -2.56. The van der Waals surface area contributed by atoms with E-state index in [1.165, 1.54) is 14.2 Å². The average molecular weight is 377 g/mol. The van der Waals surface area contributed by atoms with Crippen LogP contribution in [0.2, 0.25) is 0 Å². The van der Waals surface area contributed by atoms with Gasteiger partial charge in [-0.1, -0.05) is 27.2 Å². The second-order valence-electron chi connectivity index (χ2n) is 7.84. The van der Waals surface area contributed by atoms with Gasteiger partial charge in [-0.2, -0.15) is 0 Å². The average Bonchev–Trinajstić information content (AvgIpc) is 2.64. The Morgan fingerprint density at radius 3 is 2.48 bits per heavy atom. The van der Waals surface area contributed by atoms with Crippen LogP contribution in [0.15, 0.2) is 18.2 Å². The minimum Gasteiger partial charge on any atom is -0.493 e. The van der Waals surface area contributed by atoms with Gasteiger partial charge in [-0.25, -0.2) is 0 Å². The topological polar surface area (TPSA) is 84.9 Å². The Morgan fingerprint density at radius 2 is 1.89 bits per heavy atom. The smallest absolute Gasteiger partial charge is 0.252 e. The molecular formula is C21H31NO5. The van der Waals surface area contributed by atoms with Crippen LogP contribution in [-0.2, 0) is 4.79 Å². The van der Waals surface area contributed by atoms with E-state index in [1.54, 1.807) is 18.2 Å². The Hall–Kier alpha value is -2.08. The second-order valence-corrected chi connectivity index (χ2v) is 7.84. The van der Waals surface area contributed by atoms with E-state index in [4.69, 9.17) is 9.47 Å². The first-order chi connectivity index (χ1) is 12.7. The molecule has 0 radical (unpaired) electrons. The molecule has 6 heteroatoms. The normalized spacial score (nSPS) is 25.1. The predicted molar refractivity (Wildman–Crippen MR) is 103 cm³/mol. The summed E-state index contributed by atoms with van der Waals surface area (Å²) in [4.78, 5) is 25.3. The van der Waals surface area contributed by atoms with Crippen molar-refractivity contribution in [2.45, 2.75) is 45.6 Å². The predicted octanol–water partition coefficient (Wildman–Crippen LogP) is 2.83. The number of carbonyl (C=O) groups excluding carboxylic acids is 2. The van der Waals surface area contributed by atoms with Crippen LogP contribution in [0.1, 0.15) is 50.4 Å². The van der Waals surface area contributed by atoms with Crippen molar-refractivity contribution in [3.63, 3.8) is 0 Å². The molecular weight excluding hydrogens is 346 g/mol. The van der Waals surface area contributed by atoms with E-state index in [-0.39, 0.29) is 30.1 Å². The molecule has 6 nitrogen and oxygen atoms in total. The van der Waals surface area contributed by atoms with Crippen LogP contribution >= 0.6 is 0 Å². The van der Waals surface area contributed by atoms with Crippen LogP contribution in [0.4, 0.5) is 0 Å². The lowest BCUT2D eigenvalue weighted by molar-refractivity contribution is -0.155. The van der Waals surface area contributed by atoms with Crippen molar-refractivity contribution in [2.75, 3.05) is 20.8 Å². The van der Waals surface area contributed by atoms with Gasteiger partial charge in [-0.15, -0.1) is 0 Å². The number of rotatable bonds is 7. The van der Waals surface area contributed by atoms with E-state index in [9.17, 15) is 14.7 Å². The van der Waals surface area contributed by atoms with Gasteiger partial charge in [0.05, 0.1) is 20.8 Å². The first-order valence-corrected chi connectivity index (χ1v) is 9.48. The van der Waals surface area contributed by atoms with Gasteiger partial charge in [0.2, 0.25) is 0 Å². The monoisotopic (exact) mass is 377 g/mol. The maximum Gasteiger partial charge on any atom is 0.252 e. The number of methoxy groups -OCH3 is 2. The van der Waals surface area contributed by atoms with Crippen LogP contribution in [0.25, 0.3) is 0 Å². The van der Waals surface area contributed by atoms with E-state index >= 15 is 0 Å². The number of carbonyl (C=O) groups is 2. The van der Waals surface area contributed by atoms with Gasteiger partial charge in [0.25, 0.3) is 5.91 Å². The fraction of sp³-hybridized carbons (Fsp3) is 0.619. The number of benzene rings is 1. The maximum absolute atomic E-state index is 12.8. The fourth-order valence-corrected chi connectivity index (χ4v) is 4.06. The Balaban J connectivity index is 2.08. The van der Waals surface area contributed by atoms with E-state index in [0.717, 1.165) is 12.8 Å². The molecule has 1 saturated carbocycles.